The van der Waals surface area contributed by atoms with Gasteiger partial charge in [-0.1, -0.05) is 93.1 Å². The van der Waals surface area contributed by atoms with Gasteiger partial charge in [-0.25, -0.2) is 13.1 Å². The van der Waals surface area contributed by atoms with Crippen LogP contribution in [0.25, 0.3) is 0 Å². The molecule has 0 bridgehead atoms. The molecular weight excluding hydrogens is 430 g/mol. The number of amides is 1. The van der Waals surface area contributed by atoms with E-state index in [0.717, 1.165) is 12.0 Å². The molecule has 0 heterocycles. The minimum atomic E-state index is -3.85. The highest BCUT2D eigenvalue weighted by molar-refractivity contribution is 7.90. The fraction of sp³-hybridized carbons (Fsp3) is 0.321. The maximum atomic E-state index is 12.5. The summed E-state index contributed by atoms with van der Waals surface area (Å²) in [5.74, 6) is -0.341. The third kappa shape index (κ3) is 6.78. The van der Waals surface area contributed by atoms with Gasteiger partial charge in [-0.15, -0.1) is 0 Å². The van der Waals surface area contributed by atoms with E-state index in [1.54, 1.807) is 12.1 Å². The summed E-state index contributed by atoms with van der Waals surface area (Å²) in [6.07, 6.45) is 1.47. The van der Waals surface area contributed by atoms with Crippen molar-refractivity contribution >= 4 is 15.9 Å². The van der Waals surface area contributed by atoms with Crippen LogP contribution in [0, 0.1) is 6.92 Å². The molecule has 0 radical (unpaired) electrons. The molecule has 3 aromatic carbocycles. The fourth-order valence-electron chi connectivity index (χ4n) is 3.87. The highest BCUT2D eigenvalue weighted by atomic mass is 32.2. The summed E-state index contributed by atoms with van der Waals surface area (Å²) < 4.78 is 27.2. The van der Waals surface area contributed by atoms with E-state index < -0.39 is 15.9 Å². The number of benzene rings is 3. The highest BCUT2D eigenvalue weighted by Crippen LogP contribution is 2.31. The summed E-state index contributed by atoms with van der Waals surface area (Å²) in [6.45, 7) is 8.47. The number of aryl methyl sites for hydroxylation is 1. The van der Waals surface area contributed by atoms with Crippen LogP contribution in [-0.4, -0.2) is 14.3 Å². The Balaban J connectivity index is 1.67. The van der Waals surface area contributed by atoms with Gasteiger partial charge in [-0.3, -0.25) is 4.79 Å². The number of nitrogens with one attached hydrogen (secondary N) is 1. The number of carbonyl (C=O) groups is 1. The van der Waals surface area contributed by atoms with Crippen LogP contribution in [0.2, 0.25) is 0 Å². The molecule has 1 amide bonds. The van der Waals surface area contributed by atoms with Gasteiger partial charge < -0.3 is 0 Å². The van der Waals surface area contributed by atoms with E-state index >= 15 is 0 Å². The van der Waals surface area contributed by atoms with Crippen LogP contribution >= 0.6 is 0 Å². The van der Waals surface area contributed by atoms with E-state index in [1.807, 2.05) is 25.1 Å². The first-order chi connectivity index (χ1) is 15.6. The minimum absolute atomic E-state index is 0.0851. The molecule has 1 N–H and O–H groups in total. The van der Waals surface area contributed by atoms with Crippen LogP contribution in [0.5, 0.6) is 0 Å². The SMILES string of the molecule is Cc1ccc(S(=O)(=O)NC(=O)CCC[C@H](c2ccccc2)c2ccc(C(C)(C)C)cc2)cc1. The van der Waals surface area contributed by atoms with Crippen molar-refractivity contribution < 1.29 is 13.2 Å². The molecular formula is C28H33NO3S. The summed E-state index contributed by atoms with van der Waals surface area (Å²) in [7, 11) is -3.85. The lowest BCUT2D eigenvalue weighted by Gasteiger charge is -2.22. The van der Waals surface area contributed by atoms with Gasteiger partial charge in [0.2, 0.25) is 5.91 Å². The van der Waals surface area contributed by atoms with E-state index in [-0.39, 0.29) is 22.6 Å². The van der Waals surface area contributed by atoms with Crippen molar-refractivity contribution in [2.45, 2.75) is 63.2 Å². The average molecular weight is 464 g/mol. The van der Waals surface area contributed by atoms with Crippen LogP contribution in [0.3, 0.4) is 0 Å². The van der Waals surface area contributed by atoms with Gasteiger partial charge in [0.25, 0.3) is 10.0 Å². The molecule has 0 saturated heterocycles. The molecule has 3 rings (SSSR count). The third-order valence-electron chi connectivity index (χ3n) is 5.86. The van der Waals surface area contributed by atoms with Crippen molar-refractivity contribution in [2.24, 2.45) is 0 Å². The second-order valence-corrected chi connectivity index (χ2v) is 11.3. The average Bonchev–Trinajstić information content (AvgIpc) is 2.77. The smallest absolute Gasteiger partial charge is 0.264 e. The highest BCUT2D eigenvalue weighted by Gasteiger charge is 2.20. The number of sulfonamides is 1. The van der Waals surface area contributed by atoms with Crippen molar-refractivity contribution in [3.8, 4) is 0 Å². The predicted molar refractivity (Wildman–Crippen MR) is 134 cm³/mol. The first-order valence-corrected chi connectivity index (χ1v) is 12.8. The van der Waals surface area contributed by atoms with E-state index in [4.69, 9.17) is 0 Å². The Kier molecular flexibility index (Phi) is 7.75. The van der Waals surface area contributed by atoms with E-state index in [2.05, 4.69) is 61.9 Å². The normalized spacial score (nSPS) is 12.8. The molecule has 0 aliphatic carbocycles. The molecule has 33 heavy (non-hydrogen) atoms. The summed E-state index contributed by atoms with van der Waals surface area (Å²) in [6, 6.07) is 25.4. The zero-order valence-electron chi connectivity index (χ0n) is 19.8. The summed E-state index contributed by atoms with van der Waals surface area (Å²) in [5, 5.41) is 0. The molecule has 0 spiro atoms. The third-order valence-corrected chi connectivity index (χ3v) is 7.25. The Bertz CT molecular complexity index is 1160. The van der Waals surface area contributed by atoms with Gasteiger partial charge in [-0.2, -0.15) is 0 Å². The Morgan fingerprint density at radius 2 is 1.42 bits per heavy atom. The molecule has 0 fully saturated rings. The number of rotatable bonds is 8. The molecule has 1 atom stereocenters. The number of hydrogen-bond donors (Lipinski definition) is 1. The summed E-state index contributed by atoms with van der Waals surface area (Å²) in [5.41, 5.74) is 4.71. The first-order valence-electron chi connectivity index (χ1n) is 11.3. The molecule has 4 nitrogen and oxygen atoms in total. The Hall–Kier alpha value is -2.92. The number of hydrogen-bond acceptors (Lipinski definition) is 3. The Morgan fingerprint density at radius 3 is 2.00 bits per heavy atom. The zero-order valence-corrected chi connectivity index (χ0v) is 20.7. The number of carbonyl (C=O) groups excluding carboxylic acids is 1. The van der Waals surface area contributed by atoms with Gasteiger partial charge in [0, 0.05) is 12.3 Å². The van der Waals surface area contributed by atoms with Crippen molar-refractivity contribution in [3.63, 3.8) is 0 Å². The fourth-order valence-corrected chi connectivity index (χ4v) is 4.88. The van der Waals surface area contributed by atoms with Crippen molar-refractivity contribution in [2.75, 3.05) is 0 Å². The summed E-state index contributed by atoms with van der Waals surface area (Å²) >= 11 is 0. The lowest BCUT2D eigenvalue weighted by molar-refractivity contribution is -0.119. The second-order valence-electron chi connectivity index (χ2n) is 9.57. The summed E-state index contributed by atoms with van der Waals surface area (Å²) in [4.78, 5) is 12.5. The van der Waals surface area contributed by atoms with Gasteiger partial charge in [0.05, 0.1) is 4.90 Å². The van der Waals surface area contributed by atoms with Gasteiger partial charge >= 0.3 is 0 Å². The largest absolute Gasteiger partial charge is 0.274 e. The Morgan fingerprint density at radius 1 is 0.848 bits per heavy atom. The van der Waals surface area contributed by atoms with E-state index in [9.17, 15) is 13.2 Å². The van der Waals surface area contributed by atoms with E-state index in [1.165, 1.54) is 28.8 Å². The van der Waals surface area contributed by atoms with Gasteiger partial charge in [0.15, 0.2) is 0 Å². The van der Waals surface area contributed by atoms with Crippen molar-refractivity contribution in [1.82, 2.24) is 4.72 Å². The zero-order chi connectivity index (χ0) is 24.1. The van der Waals surface area contributed by atoms with Crippen molar-refractivity contribution in [3.05, 3.63) is 101 Å². The molecule has 0 aliphatic heterocycles. The first kappa shape index (κ1) is 24.7. The lowest BCUT2D eigenvalue weighted by Crippen LogP contribution is -2.30. The van der Waals surface area contributed by atoms with Crippen LogP contribution < -0.4 is 4.72 Å². The maximum absolute atomic E-state index is 12.5. The standard InChI is InChI=1S/C28H33NO3S/c1-21-13-19-25(20-14-21)33(31,32)29-27(30)12-8-11-26(22-9-6-5-7-10-22)23-15-17-24(18-16-23)28(2,3)4/h5-7,9-10,13-20,26H,8,11-12H2,1-4H3,(H,29,30)/t26-/m1/s1. The Labute approximate surface area is 198 Å². The molecule has 0 aliphatic rings. The second kappa shape index (κ2) is 10.3. The molecule has 0 saturated carbocycles. The monoisotopic (exact) mass is 463 g/mol. The van der Waals surface area contributed by atoms with Gasteiger partial charge in [-0.05, 0) is 54.0 Å². The minimum Gasteiger partial charge on any atom is -0.274 e. The lowest BCUT2D eigenvalue weighted by atomic mass is 9.83. The molecule has 0 unspecified atom stereocenters. The van der Waals surface area contributed by atoms with Gasteiger partial charge in [0.1, 0.15) is 0 Å². The molecule has 5 heteroatoms. The topological polar surface area (TPSA) is 63.2 Å². The van der Waals surface area contributed by atoms with Crippen LogP contribution in [0.4, 0.5) is 0 Å². The maximum Gasteiger partial charge on any atom is 0.264 e. The molecule has 3 aromatic rings. The quantitative estimate of drug-likeness (QED) is 0.439. The predicted octanol–water partition coefficient (Wildman–Crippen LogP) is 6.10. The molecule has 0 aromatic heterocycles. The van der Waals surface area contributed by atoms with Crippen LogP contribution in [0.15, 0.2) is 83.8 Å². The van der Waals surface area contributed by atoms with Crippen LogP contribution in [-0.2, 0) is 20.2 Å². The molecule has 174 valence electrons. The van der Waals surface area contributed by atoms with Crippen molar-refractivity contribution in [1.29, 1.82) is 0 Å². The van der Waals surface area contributed by atoms with E-state index in [0.29, 0.717) is 6.42 Å². The van der Waals surface area contributed by atoms with Crippen LogP contribution in [0.1, 0.15) is 68.2 Å².